The molecule has 28 heavy (non-hydrogen) atoms. The molecule has 8 heteroatoms. The van der Waals surface area contributed by atoms with Gasteiger partial charge in [0.25, 0.3) is 0 Å². The molecule has 0 radical (unpaired) electrons. The molecule has 1 saturated heterocycles. The lowest BCUT2D eigenvalue weighted by atomic mass is 10.1. The van der Waals surface area contributed by atoms with Crippen LogP contribution in [0.15, 0.2) is 43.0 Å². The Hall–Kier alpha value is -2.02. The minimum absolute atomic E-state index is 0.510. The number of imidazole rings is 1. The van der Waals surface area contributed by atoms with E-state index >= 15 is 0 Å². The summed E-state index contributed by atoms with van der Waals surface area (Å²) in [6.45, 7) is 5.65. The number of nitrogens with zero attached hydrogens (tertiary/aromatic N) is 5. The van der Waals surface area contributed by atoms with Gasteiger partial charge in [-0.25, -0.2) is 9.67 Å². The molecule has 1 aliphatic rings. The van der Waals surface area contributed by atoms with Crippen LogP contribution in [0.2, 0.25) is 10.0 Å². The first-order valence-corrected chi connectivity index (χ1v) is 10.2. The van der Waals surface area contributed by atoms with Crippen molar-refractivity contribution in [1.82, 2.24) is 24.2 Å². The lowest BCUT2D eigenvalue weighted by Gasteiger charge is -2.32. The molecule has 4 rings (SSSR count). The Kier molecular flexibility index (Phi) is 5.90. The van der Waals surface area contributed by atoms with Gasteiger partial charge in [-0.15, -0.1) is 5.10 Å². The monoisotopic (exact) mass is 419 g/mol. The largest absolute Gasteiger partial charge is 0.475 e. The number of hydrogen-bond acceptors (Lipinski definition) is 4. The molecule has 1 aromatic carbocycles. The Morgan fingerprint density at radius 2 is 1.96 bits per heavy atom. The number of hydrogen-bond donors (Lipinski definition) is 0. The Morgan fingerprint density at radius 1 is 1.14 bits per heavy atom. The maximum atomic E-state index is 6.12. The molecule has 1 aliphatic heterocycles. The van der Waals surface area contributed by atoms with Crippen LogP contribution in [0.3, 0.4) is 0 Å². The van der Waals surface area contributed by atoms with Crippen molar-refractivity contribution in [1.29, 1.82) is 0 Å². The van der Waals surface area contributed by atoms with Gasteiger partial charge >= 0.3 is 0 Å². The summed E-state index contributed by atoms with van der Waals surface area (Å²) in [5, 5.41) is 5.58. The van der Waals surface area contributed by atoms with E-state index < -0.39 is 0 Å². The minimum atomic E-state index is 0.510. The highest BCUT2D eigenvalue weighted by molar-refractivity contribution is 6.42. The molecule has 0 unspecified atom stereocenters. The van der Waals surface area contributed by atoms with Crippen LogP contribution in [0.25, 0.3) is 5.69 Å². The predicted octanol–water partition coefficient (Wildman–Crippen LogP) is 4.40. The van der Waals surface area contributed by atoms with Crippen molar-refractivity contribution < 1.29 is 4.74 Å². The van der Waals surface area contributed by atoms with E-state index in [0.717, 1.165) is 43.9 Å². The Bertz CT molecular complexity index is 917. The SMILES string of the molecule is Cc1cc(OCCN2CCC(n3ccnc3)CC2)nn1-c1ccc(Cl)c(Cl)c1. The molecule has 0 amide bonds. The van der Waals surface area contributed by atoms with E-state index in [-0.39, 0.29) is 0 Å². The molecule has 0 bridgehead atoms. The Labute approximate surface area is 174 Å². The maximum absolute atomic E-state index is 6.12. The maximum Gasteiger partial charge on any atom is 0.233 e. The number of aromatic nitrogens is 4. The number of ether oxygens (including phenoxy) is 1. The fourth-order valence-corrected chi connectivity index (χ4v) is 3.89. The highest BCUT2D eigenvalue weighted by Gasteiger charge is 2.20. The summed E-state index contributed by atoms with van der Waals surface area (Å²) in [6.07, 6.45) is 8.09. The normalized spacial score (nSPS) is 15.8. The average Bonchev–Trinajstić information content (AvgIpc) is 3.35. The fourth-order valence-electron chi connectivity index (χ4n) is 3.60. The molecular formula is C20H23Cl2N5O. The van der Waals surface area contributed by atoms with E-state index in [0.29, 0.717) is 28.6 Å². The van der Waals surface area contributed by atoms with Gasteiger partial charge in [-0.2, -0.15) is 0 Å². The zero-order chi connectivity index (χ0) is 19.5. The zero-order valence-electron chi connectivity index (χ0n) is 15.8. The summed E-state index contributed by atoms with van der Waals surface area (Å²) in [7, 11) is 0. The van der Waals surface area contributed by atoms with Gasteiger partial charge in [0.1, 0.15) is 6.61 Å². The van der Waals surface area contributed by atoms with Crippen LogP contribution in [0.5, 0.6) is 5.88 Å². The lowest BCUT2D eigenvalue weighted by Crippen LogP contribution is -2.37. The van der Waals surface area contributed by atoms with E-state index in [1.807, 2.05) is 36.3 Å². The molecule has 6 nitrogen and oxygen atoms in total. The molecule has 3 aromatic rings. The first-order valence-electron chi connectivity index (χ1n) is 9.45. The third-order valence-corrected chi connectivity index (χ3v) is 5.91. The summed E-state index contributed by atoms with van der Waals surface area (Å²) in [6, 6.07) is 7.96. The van der Waals surface area contributed by atoms with Crippen LogP contribution in [0.4, 0.5) is 0 Å². The summed E-state index contributed by atoms with van der Waals surface area (Å²) < 4.78 is 9.93. The van der Waals surface area contributed by atoms with Gasteiger partial charge in [0.2, 0.25) is 5.88 Å². The Morgan fingerprint density at radius 3 is 2.68 bits per heavy atom. The first-order chi connectivity index (χ1) is 13.6. The van der Waals surface area contributed by atoms with Crippen LogP contribution < -0.4 is 4.74 Å². The fraction of sp³-hybridized carbons (Fsp3) is 0.400. The quantitative estimate of drug-likeness (QED) is 0.593. The Balaban J connectivity index is 1.28. The number of benzene rings is 1. The van der Waals surface area contributed by atoms with Crippen LogP contribution in [-0.2, 0) is 0 Å². The summed E-state index contributed by atoms with van der Waals surface area (Å²) in [4.78, 5) is 6.59. The second kappa shape index (κ2) is 8.55. The van der Waals surface area contributed by atoms with Crippen molar-refractivity contribution in [3.63, 3.8) is 0 Å². The molecule has 0 atom stereocenters. The van der Waals surface area contributed by atoms with Crippen molar-refractivity contribution in [2.75, 3.05) is 26.2 Å². The molecule has 3 heterocycles. The van der Waals surface area contributed by atoms with Gasteiger partial charge in [-0.3, -0.25) is 4.90 Å². The van der Waals surface area contributed by atoms with Crippen molar-refractivity contribution in [3.8, 4) is 11.6 Å². The van der Waals surface area contributed by atoms with E-state index in [1.165, 1.54) is 0 Å². The average molecular weight is 420 g/mol. The molecular weight excluding hydrogens is 397 g/mol. The smallest absolute Gasteiger partial charge is 0.233 e. The van der Waals surface area contributed by atoms with Crippen LogP contribution in [0.1, 0.15) is 24.6 Å². The highest BCUT2D eigenvalue weighted by atomic mass is 35.5. The van der Waals surface area contributed by atoms with Crippen molar-refractivity contribution in [3.05, 3.63) is 58.7 Å². The van der Waals surface area contributed by atoms with Gasteiger partial charge in [0.05, 0.1) is 22.1 Å². The molecule has 0 saturated carbocycles. The van der Waals surface area contributed by atoms with Crippen molar-refractivity contribution in [2.45, 2.75) is 25.8 Å². The second-order valence-corrected chi connectivity index (χ2v) is 7.88. The minimum Gasteiger partial charge on any atom is -0.475 e. The third kappa shape index (κ3) is 4.35. The number of aryl methyl sites for hydroxylation is 1. The standard InChI is InChI=1S/C20H23Cl2N5O/c1-15-12-20(24-27(15)17-2-3-18(21)19(22)13-17)28-11-10-25-7-4-16(5-8-25)26-9-6-23-14-26/h2-3,6,9,12-14,16H,4-5,7-8,10-11H2,1H3. The van der Waals surface area contributed by atoms with Gasteiger partial charge in [0, 0.05) is 49.8 Å². The van der Waals surface area contributed by atoms with E-state index in [9.17, 15) is 0 Å². The van der Waals surface area contributed by atoms with Gasteiger partial charge in [0.15, 0.2) is 0 Å². The molecule has 148 valence electrons. The van der Waals surface area contributed by atoms with E-state index in [1.54, 1.807) is 12.1 Å². The molecule has 0 N–H and O–H groups in total. The third-order valence-electron chi connectivity index (χ3n) is 5.17. The van der Waals surface area contributed by atoms with Crippen molar-refractivity contribution >= 4 is 23.2 Å². The van der Waals surface area contributed by atoms with Crippen LogP contribution >= 0.6 is 23.2 Å². The second-order valence-electron chi connectivity index (χ2n) is 7.07. The highest BCUT2D eigenvalue weighted by Crippen LogP contribution is 2.26. The summed E-state index contributed by atoms with van der Waals surface area (Å²) in [5.74, 6) is 0.622. The van der Waals surface area contributed by atoms with Gasteiger partial charge in [-0.1, -0.05) is 23.2 Å². The molecule has 1 fully saturated rings. The van der Waals surface area contributed by atoms with Gasteiger partial charge < -0.3 is 9.30 Å². The van der Waals surface area contributed by atoms with Crippen molar-refractivity contribution in [2.24, 2.45) is 0 Å². The molecule has 0 spiro atoms. The predicted molar refractivity (Wildman–Crippen MR) is 111 cm³/mol. The number of halogens is 2. The van der Waals surface area contributed by atoms with E-state index in [2.05, 4.69) is 25.7 Å². The molecule has 2 aromatic heterocycles. The van der Waals surface area contributed by atoms with Crippen LogP contribution in [-0.4, -0.2) is 50.5 Å². The number of likely N-dealkylation sites (tertiary alicyclic amines) is 1. The summed E-state index contributed by atoms with van der Waals surface area (Å²) >= 11 is 12.1. The van der Waals surface area contributed by atoms with Crippen LogP contribution in [0, 0.1) is 6.92 Å². The molecule has 0 aliphatic carbocycles. The van der Waals surface area contributed by atoms with Gasteiger partial charge in [-0.05, 0) is 38.0 Å². The summed E-state index contributed by atoms with van der Waals surface area (Å²) in [5.41, 5.74) is 1.85. The number of piperidine rings is 1. The number of rotatable bonds is 6. The first kappa shape index (κ1) is 19.3. The van der Waals surface area contributed by atoms with E-state index in [4.69, 9.17) is 27.9 Å². The lowest BCUT2D eigenvalue weighted by molar-refractivity contribution is 0.155. The topological polar surface area (TPSA) is 48.1 Å². The zero-order valence-corrected chi connectivity index (χ0v) is 17.3.